The molecule has 0 aromatic carbocycles. The van der Waals surface area contributed by atoms with Gasteiger partial charge in [-0.05, 0) is 76.1 Å². The summed E-state index contributed by atoms with van der Waals surface area (Å²) in [6, 6.07) is 3.87. The first-order valence-corrected chi connectivity index (χ1v) is 9.70. The molecule has 3 heterocycles. The number of carbonyl (C=O) groups excluding carboxylic acids is 1. The third-order valence-electron chi connectivity index (χ3n) is 5.82. The number of piperidine rings is 1. The number of ether oxygens (including phenoxy) is 1. The number of hydrogen-bond acceptors (Lipinski definition) is 4. The highest BCUT2D eigenvalue weighted by molar-refractivity contribution is 5.77. The Morgan fingerprint density at radius 2 is 2.04 bits per heavy atom. The van der Waals surface area contributed by atoms with Gasteiger partial charge in [-0.2, -0.15) is 0 Å². The average molecular weight is 345 g/mol. The molecule has 25 heavy (non-hydrogen) atoms. The van der Waals surface area contributed by atoms with Crippen molar-refractivity contribution in [3.05, 3.63) is 23.5 Å². The van der Waals surface area contributed by atoms with E-state index in [2.05, 4.69) is 17.2 Å². The largest absolute Gasteiger partial charge is 0.482 e. The summed E-state index contributed by atoms with van der Waals surface area (Å²) in [7, 11) is 0. The summed E-state index contributed by atoms with van der Waals surface area (Å²) in [5.74, 6) is 0.847. The third kappa shape index (κ3) is 4.51. The Bertz CT molecular complexity index is 597. The molecule has 1 aromatic heterocycles. The highest BCUT2D eigenvalue weighted by Gasteiger charge is 2.34. The number of hydrogen-bond donors (Lipinski definition) is 1. The van der Waals surface area contributed by atoms with E-state index in [0.29, 0.717) is 5.41 Å². The van der Waals surface area contributed by atoms with Crippen LogP contribution in [0.3, 0.4) is 0 Å². The predicted molar refractivity (Wildman–Crippen MR) is 98.8 cm³/mol. The summed E-state index contributed by atoms with van der Waals surface area (Å²) in [6.45, 7) is 8.13. The number of amides is 1. The van der Waals surface area contributed by atoms with Crippen molar-refractivity contribution in [1.82, 2.24) is 15.2 Å². The fourth-order valence-electron chi connectivity index (χ4n) is 4.17. The van der Waals surface area contributed by atoms with Gasteiger partial charge in [-0.15, -0.1) is 0 Å². The van der Waals surface area contributed by atoms with Crippen molar-refractivity contribution in [2.45, 2.75) is 52.4 Å². The Balaban J connectivity index is 1.55. The van der Waals surface area contributed by atoms with Gasteiger partial charge in [0.15, 0.2) is 6.61 Å². The van der Waals surface area contributed by atoms with E-state index in [9.17, 15) is 4.79 Å². The zero-order chi connectivity index (χ0) is 17.7. The Hall–Kier alpha value is -1.62. The van der Waals surface area contributed by atoms with Crippen LogP contribution in [0.1, 0.15) is 50.4 Å². The van der Waals surface area contributed by atoms with Crippen LogP contribution in [-0.4, -0.2) is 48.6 Å². The highest BCUT2D eigenvalue weighted by atomic mass is 16.5. The lowest BCUT2D eigenvalue weighted by atomic mass is 9.73. The molecule has 2 saturated heterocycles. The van der Waals surface area contributed by atoms with Crippen LogP contribution in [0.15, 0.2) is 12.1 Å². The minimum Gasteiger partial charge on any atom is -0.482 e. The lowest BCUT2D eigenvalue weighted by Crippen LogP contribution is -2.39. The van der Waals surface area contributed by atoms with Gasteiger partial charge in [-0.25, -0.2) is 0 Å². The normalized spacial score (nSPS) is 20.3. The average Bonchev–Trinajstić information content (AvgIpc) is 2.83. The summed E-state index contributed by atoms with van der Waals surface area (Å²) in [4.78, 5) is 19.1. The van der Waals surface area contributed by atoms with Crippen molar-refractivity contribution in [3.8, 4) is 5.75 Å². The number of aromatic nitrogens is 1. The quantitative estimate of drug-likeness (QED) is 0.912. The number of aryl methyl sites for hydroxylation is 2. The van der Waals surface area contributed by atoms with E-state index in [4.69, 9.17) is 4.74 Å². The van der Waals surface area contributed by atoms with E-state index in [1.165, 1.54) is 19.3 Å². The molecule has 0 saturated carbocycles. The van der Waals surface area contributed by atoms with Crippen LogP contribution in [0, 0.1) is 12.3 Å². The molecule has 138 valence electrons. The van der Waals surface area contributed by atoms with Gasteiger partial charge in [0.05, 0.1) is 5.69 Å². The monoisotopic (exact) mass is 345 g/mol. The number of likely N-dealkylation sites (tertiary alicyclic amines) is 1. The molecule has 0 unspecified atom stereocenters. The summed E-state index contributed by atoms with van der Waals surface area (Å²) >= 11 is 0. The number of carbonyl (C=O) groups is 1. The van der Waals surface area contributed by atoms with Crippen molar-refractivity contribution in [1.29, 1.82) is 0 Å². The van der Waals surface area contributed by atoms with E-state index in [-0.39, 0.29) is 12.5 Å². The van der Waals surface area contributed by atoms with Crippen molar-refractivity contribution in [2.75, 3.05) is 32.8 Å². The fourth-order valence-corrected chi connectivity index (χ4v) is 4.17. The SMILES string of the molecule is CCc1nc(C)ccc1OCC(=O)N1CCCC2(CCNCC2)CC1. The zero-order valence-corrected chi connectivity index (χ0v) is 15.6. The lowest BCUT2D eigenvalue weighted by Gasteiger charge is -2.37. The maximum Gasteiger partial charge on any atom is 0.260 e. The minimum atomic E-state index is 0.105. The van der Waals surface area contributed by atoms with Gasteiger partial charge in [-0.1, -0.05) is 6.92 Å². The van der Waals surface area contributed by atoms with E-state index >= 15 is 0 Å². The van der Waals surface area contributed by atoms with Gasteiger partial charge in [0, 0.05) is 18.8 Å². The molecule has 5 nitrogen and oxygen atoms in total. The molecule has 0 atom stereocenters. The second kappa shape index (κ2) is 8.17. The first kappa shape index (κ1) is 18.2. The van der Waals surface area contributed by atoms with Crippen LogP contribution in [0.25, 0.3) is 0 Å². The number of nitrogens with zero attached hydrogens (tertiary/aromatic N) is 2. The van der Waals surface area contributed by atoms with Gasteiger partial charge >= 0.3 is 0 Å². The standard InChI is InChI=1S/C20H31N3O2/c1-3-17-18(6-5-16(2)22-17)25-15-19(24)23-13-4-7-20(10-14-23)8-11-21-12-9-20/h5-6,21H,3-4,7-15H2,1-2H3. The molecule has 1 spiro atoms. The molecular weight excluding hydrogens is 314 g/mol. The van der Waals surface area contributed by atoms with Gasteiger partial charge < -0.3 is 15.0 Å². The Labute approximate surface area is 151 Å². The molecule has 1 aromatic rings. The highest BCUT2D eigenvalue weighted by Crippen LogP contribution is 2.39. The van der Waals surface area contributed by atoms with E-state index < -0.39 is 0 Å². The van der Waals surface area contributed by atoms with Crippen molar-refractivity contribution >= 4 is 5.91 Å². The predicted octanol–water partition coefficient (Wildman–Crippen LogP) is 2.71. The summed E-state index contributed by atoms with van der Waals surface area (Å²) < 4.78 is 5.81. The topological polar surface area (TPSA) is 54.5 Å². The van der Waals surface area contributed by atoms with Gasteiger partial charge in [0.2, 0.25) is 0 Å². The molecule has 2 aliphatic rings. The number of rotatable bonds is 4. The van der Waals surface area contributed by atoms with Crippen LogP contribution in [0.5, 0.6) is 5.75 Å². The molecule has 5 heteroatoms. The minimum absolute atomic E-state index is 0.105. The second-order valence-corrected chi connectivity index (χ2v) is 7.52. The summed E-state index contributed by atoms with van der Waals surface area (Å²) in [5.41, 5.74) is 2.37. The van der Waals surface area contributed by atoms with Crippen LogP contribution in [0.2, 0.25) is 0 Å². The molecule has 0 bridgehead atoms. The molecule has 2 aliphatic heterocycles. The van der Waals surface area contributed by atoms with E-state index in [0.717, 1.165) is 62.6 Å². The Kier molecular flexibility index (Phi) is 5.94. The smallest absolute Gasteiger partial charge is 0.260 e. The molecule has 0 aliphatic carbocycles. The Morgan fingerprint density at radius 1 is 1.24 bits per heavy atom. The van der Waals surface area contributed by atoms with Crippen LogP contribution >= 0.6 is 0 Å². The summed E-state index contributed by atoms with van der Waals surface area (Å²) in [6.07, 6.45) is 6.80. The van der Waals surface area contributed by atoms with Crippen molar-refractivity contribution in [3.63, 3.8) is 0 Å². The number of pyridine rings is 1. The first-order valence-electron chi connectivity index (χ1n) is 9.70. The van der Waals surface area contributed by atoms with Crippen molar-refractivity contribution in [2.24, 2.45) is 5.41 Å². The molecule has 1 amide bonds. The van der Waals surface area contributed by atoms with E-state index in [1.54, 1.807) is 0 Å². The van der Waals surface area contributed by atoms with Gasteiger partial charge in [0.1, 0.15) is 5.75 Å². The van der Waals surface area contributed by atoms with E-state index in [1.807, 2.05) is 24.0 Å². The molecule has 2 fully saturated rings. The van der Waals surface area contributed by atoms with Crippen LogP contribution in [-0.2, 0) is 11.2 Å². The van der Waals surface area contributed by atoms with Crippen LogP contribution in [0.4, 0.5) is 0 Å². The fraction of sp³-hybridized carbons (Fsp3) is 0.700. The number of nitrogens with one attached hydrogen (secondary N) is 1. The van der Waals surface area contributed by atoms with Crippen molar-refractivity contribution < 1.29 is 9.53 Å². The third-order valence-corrected chi connectivity index (χ3v) is 5.82. The molecule has 3 rings (SSSR count). The maximum atomic E-state index is 12.6. The molecule has 0 radical (unpaired) electrons. The zero-order valence-electron chi connectivity index (χ0n) is 15.6. The lowest BCUT2D eigenvalue weighted by molar-refractivity contribution is -0.133. The van der Waals surface area contributed by atoms with Gasteiger partial charge in [0.25, 0.3) is 5.91 Å². The molecular formula is C20H31N3O2. The first-order chi connectivity index (χ1) is 12.1. The Morgan fingerprint density at radius 3 is 2.80 bits per heavy atom. The second-order valence-electron chi connectivity index (χ2n) is 7.52. The van der Waals surface area contributed by atoms with Gasteiger partial charge in [-0.3, -0.25) is 9.78 Å². The van der Waals surface area contributed by atoms with Crippen LogP contribution < -0.4 is 10.1 Å². The maximum absolute atomic E-state index is 12.6. The summed E-state index contributed by atoms with van der Waals surface area (Å²) in [5, 5.41) is 3.46. The molecule has 1 N–H and O–H groups in total.